The van der Waals surface area contributed by atoms with Gasteiger partial charge in [0.1, 0.15) is 18.1 Å². The minimum atomic E-state index is -1.11. The number of aromatic carboxylic acids is 1. The summed E-state index contributed by atoms with van der Waals surface area (Å²) in [7, 11) is 0. The van der Waals surface area contributed by atoms with Crippen LogP contribution in [-0.4, -0.2) is 21.0 Å². The van der Waals surface area contributed by atoms with E-state index in [1.165, 1.54) is 18.2 Å². The van der Waals surface area contributed by atoms with Crippen LogP contribution in [-0.2, 0) is 6.61 Å². The Hall–Kier alpha value is -2.96. The highest BCUT2D eigenvalue weighted by Gasteiger charge is 2.11. The van der Waals surface area contributed by atoms with Crippen molar-refractivity contribution in [2.24, 2.45) is 0 Å². The second-order valence-electron chi connectivity index (χ2n) is 4.31. The minimum Gasteiger partial charge on any atom is -0.487 e. The van der Waals surface area contributed by atoms with Crippen molar-refractivity contribution < 1.29 is 19.6 Å². The molecular formula is C14H12N2O5. The fraction of sp³-hybridized carbons (Fsp3) is 0.143. The summed E-state index contributed by atoms with van der Waals surface area (Å²) in [5.74, 6) is -0.649. The van der Waals surface area contributed by atoms with Gasteiger partial charge in [0.15, 0.2) is 0 Å². The van der Waals surface area contributed by atoms with E-state index < -0.39 is 10.9 Å². The molecule has 0 unspecified atom stereocenters. The van der Waals surface area contributed by atoms with E-state index in [0.29, 0.717) is 17.0 Å². The van der Waals surface area contributed by atoms with Crippen molar-refractivity contribution in [2.45, 2.75) is 13.5 Å². The van der Waals surface area contributed by atoms with Crippen molar-refractivity contribution in [3.05, 3.63) is 63.5 Å². The van der Waals surface area contributed by atoms with Crippen LogP contribution in [0.25, 0.3) is 0 Å². The molecule has 21 heavy (non-hydrogen) atoms. The number of aryl methyl sites for hydroxylation is 1. The van der Waals surface area contributed by atoms with E-state index >= 15 is 0 Å². The number of carboxylic acid groups (broad SMARTS) is 1. The lowest BCUT2D eigenvalue weighted by atomic mass is 10.2. The minimum absolute atomic E-state index is 0.0216. The number of rotatable bonds is 5. The Morgan fingerprint density at radius 3 is 2.76 bits per heavy atom. The lowest BCUT2D eigenvalue weighted by Gasteiger charge is -2.07. The standard InChI is InChI=1S/C14H12N2O5/c1-9-7-11(5-6-13(9)16(19)20)21-8-10-3-2-4-12(15-10)14(17)18/h2-7H,8H2,1H3,(H,17,18). The molecule has 108 valence electrons. The Bertz CT molecular complexity index is 700. The molecule has 0 saturated heterocycles. The summed E-state index contributed by atoms with van der Waals surface area (Å²) in [4.78, 5) is 25.0. The first-order chi connectivity index (χ1) is 9.97. The van der Waals surface area contributed by atoms with Crippen molar-refractivity contribution in [2.75, 3.05) is 0 Å². The number of pyridine rings is 1. The summed E-state index contributed by atoms with van der Waals surface area (Å²) in [6, 6.07) is 9.03. The third kappa shape index (κ3) is 3.53. The first-order valence-electron chi connectivity index (χ1n) is 6.04. The molecule has 7 nitrogen and oxygen atoms in total. The van der Waals surface area contributed by atoms with Crippen LogP contribution in [0.2, 0.25) is 0 Å². The number of hydrogen-bond acceptors (Lipinski definition) is 5. The smallest absolute Gasteiger partial charge is 0.354 e. The van der Waals surface area contributed by atoms with Gasteiger partial charge < -0.3 is 9.84 Å². The van der Waals surface area contributed by atoms with Gasteiger partial charge in [0, 0.05) is 11.6 Å². The number of aromatic nitrogens is 1. The van der Waals surface area contributed by atoms with E-state index in [-0.39, 0.29) is 18.0 Å². The highest BCUT2D eigenvalue weighted by molar-refractivity contribution is 5.85. The van der Waals surface area contributed by atoms with E-state index in [9.17, 15) is 14.9 Å². The number of nitrogens with zero attached hydrogens (tertiary/aromatic N) is 2. The fourth-order valence-corrected chi connectivity index (χ4v) is 1.76. The van der Waals surface area contributed by atoms with Crippen molar-refractivity contribution in [3.8, 4) is 5.75 Å². The van der Waals surface area contributed by atoms with E-state index in [1.807, 2.05) is 0 Å². The Morgan fingerprint density at radius 1 is 1.38 bits per heavy atom. The van der Waals surface area contributed by atoms with Crippen molar-refractivity contribution in [1.82, 2.24) is 4.98 Å². The van der Waals surface area contributed by atoms with Crippen LogP contribution < -0.4 is 4.74 Å². The molecule has 1 N–H and O–H groups in total. The van der Waals surface area contributed by atoms with Crippen LogP contribution in [0.15, 0.2) is 36.4 Å². The van der Waals surface area contributed by atoms with Gasteiger partial charge in [0.2, 0.25) is 0 Å². The van der Waals surface area contributed by atoms with Gasteiger partial charge in [-0.1, -0.05) is 6.07 Å². The van der Waals surface area contributed by atoms with Gasteiger partial charge in [-0.05, 0) is 31.2 Å². The molecule has 0 aliphatic rings. The van der Waals surface area contributed by atoms with Crippen molar-refractivity contribution in [1.29, 1.82) is 0 Å². The number of benzene rings is 1. The second kappa shape index (κ2) is 6.00. The number of nitro groups is 1. The van der Waals surface area contributed by atoms with Crippen LogP contribution in [0.4, 0.5) is 5.69 Å². The van der Waals surface area contributed by atoms with Gasteiger partial charge in [-0.15, -0.1) is 0 Å². The zero-order chi connectivity index (χ0) is 15.4. The largest absolute Gasteiger partial charge is 0.487 e. The summed E-state index contributed by atoms with van der Waals surface area (Å²) in [6.45, 7) is 1.70. The third-order valence-electron chi connectivity index (χ3n) is 2.78. The Balaban J connectivity index is 2.10. The average molecular weight is 288 g/mol. The maximum atomic E-state index is 10.8. The SMILES string of the molecule is Cc1cc(OCc2cccc(C(=O)O)n2)ccc1[N+](=O)[O-]. The predicted octanol–water partition coefficient (Wildman–Crippen LogP) is 2.58. The molecule has 0 aliphatic carbocycles. The first-order valence-corrected chi connectivity index (χ1v) is 6.04. The summed E-state index contributed by atoms with van der Waals surface area (Å²) in [6.07, 6.45) is 0. The van der Waals surface area contributed by atoms with E-state index in [4.69, 9.17) is 9.84 Å². The van der Waals surface area contributed by atoms with Gasteiger partial charge in [-0.2, -0.15) is 0 Å². The summed E-state index contributed by atoms with van der Waals surface area (Å²) in [5, 5.41) is 19.6. The highest BCUT2D eigenvalue weighted by Crippen LogP contribution is 2.23. The molecule has 0 spiro atoms. The van der Waals surface area contributed by atoms with Crippen LogP contribution >= 0.6 is 0 Å². The molecule has 2 aromatic rings. The van der Waals surface area contributed by atoms with Crippen LogP contribution in [0, 0.1) is 17.0 Å². The number of carboxylic acids is 1. The van der Waals surface area contributed by atoms with Gasteiger partial charge in [-0.3, -0.25) is 10.1 Å². The molecule has 0 aliphatic heterocycles. The fourth-order valence-electron chi connectivity index (χ4n) is 1.76. The third-order valence-corrected chi connectivity index (χ3v) is 2.78. The molecular weight excluding hydrogens is 276 g/mol. The zero-order valence-corrected chi connectivity index (χ0v) is 11.1. The number of hydrogen-bond donors (Lipinski definition) is 1. The Labute approximate surface area is 120 Å². The Kier molecular flexibility index (Phi) is 4.13. The summed E-state index contributed by atoms with van der Waals surface area (Å²) in [5.41, 5.74) is 0.917. The molecule has 0 saturated carbocycles. The molecule has 1 aromatic heterocycles. The topological polar surface area (TPSA) is 103 Å². The first kappa shape index (κ1) is 14.4. The van der Waals surface area contributed by atoms with Crippen LogP contribution in [0.3, 0.4) is 0 Å². The maximum absolute atomic E-state index is 10.8. The quantitative estimate of drug-likeness (QED) is 0.670. The summed E-state index contributed by atoms with van der Waals surface area (Å²) >= 11 is 0. The highest BCUT2D eigenvalue weighted by atomic mass is 16.6. The van der Waals surface area contributed by atoms with Gasteiger partial charge in [0.25, 0.3) is 5.69 Å². The second-order valence-corrected chi connectivity index (χ2v) is 4.31. The molecule has 0 amide bonds. The molecule has 1 aromatic carbocycles. The Morgan fingerprint density at radius 2 is 2.14 bits per heavy atom. The molecule has 1 heterocycles. The maximum Gasteiger partial charge on any atom is 0.354 e. The number of ether oxygens (including phenoxy) is 1. The normalized spacial score (nSPS) is 10.1. The van der Waals surface area contributed by atoms with Crippen LogP contribution in [0.5, 0.6) is 5.75 Å². The van der Waals surface area contributed by atoms with E-state index in [0.717, 1.165) is 0 Å². The molecule has 2 rings (SSSR count). The van der Waals surface area contributed by atoms with Gasteiger partial charge in [-0.25, -0.2) is 9.78 Å². The average Bonchev–Trinajstić information content (AvgIpc) is 2.45. The number of nitro benzene ring substituents is 1. The molecule has 0 atom stereocenters. The van der Waals surface area contributed by atoms with E-state index in [2.05, 4.69) is 4.98 Å². The predicted molar refractivity (Wildman–Crippen MR) is 73.4 cm³/mol. The molecule has 0 bridgehead atoms. The van der Waals surface area contributed by atoms with Gasteiger partial charge >= 0.3 is 5.97 Å². The molecule has 7 heteroatoms. The number of carbonyl (C=O) groups is 1. The lowest BCUT2D eigenvalue weighted by Crippen LogP contribution is -2.05. The van der Waals surface area contributed by atoms with Crippen LogP contribution in [0.1, 0.15) is 21.7 Å². The molecule has 0 radical (unpaired) electrons. The van der Waals surface area contributed by atoms with Crippen molar-refractivity contribution in [3.63, 3.8) is 0 Å². The summed E-state index contributed by atoms with van der Waals surface area (Å²) < 4.78 is 5.46. The monoisotopic (exact) mass is 288 g/mol. The van der Waals surface area contributed by atoms with Gasteiger partial charge in [0.05, 0.1) is 10.6 Å². The lowest BCUT2D eigenvalue weighted by molar-refractivity contribution is -0.385. The molecule has 0 fully saturated rings. The zero-order valence-electron chi connectivity index (χ0n) is 11.1. The van der Waals surface area contributed by atoms with E-state index in [1.54, 1.807) is 25.1 Å². The van der Waals surface area contributed by atoms with Crippen molar-refractivity contribution >= 4 is 11.7 Å².